The molecule has 28 heavy (non-hydrogen) atoms. The van der Waals surface area contributed by atoms with Gasteiger partial charge in [-0.05, 0) is 55.8 Å². The monoisotopic (exact) mass is 383 g/mol. The lowest BCUT2D eigenvalue weighted by Crippen LogP contribution is -2.49. The lowest BCUT2D eigenvalue weighted by atomic mass is 9.52. The van der Waals surface area contributed by atoms with E-state index in [-0.39, 0.29) is 17.8 Å². The maximum absolute atomic E-state index is 13.3. The Morgan fingerprint density at radius 3 is 2.14 bits per heavy atom. The number of carbonyl (C=O) groups is 2. The van der Waals surface area contributed by atoms with Crippen LogP contribution in [0, 0.1) is 29.6 Å². The summed E-state index contributed by atoms with van der Waals surface area (Å²) in [6.07, 6.45) is 5.18. The first kappa shape index (κ1) is 18.2. The van der Waals surface area contributed by atoms with E-state index >= 15 is 0 Å². The molecule has 0 spiro atoms. The van der Waals surface area contributed by atoms with Crippen molar-refractivity contribution in [2.24, 2.45) is 29.6 Å². The Morgan fingerprint density at radius 2 is 1.54 bits per heavy atom. The molecule has 1 atom stereocenters. The Kier molecular flexibility index (Phi) is 4.87. The Balaban J connectivity index is 1.35. The molecule has 0 N–H and O–H groups in total. The van der Waals surface area contributed by atoms with Crippen molar-refractivity contribution >= 4 is 11.9 Å². The third-order valence-electron chi connectivity index (χ3n) is 7.38. The first-order valence-corrected chi connectivity index (χ1v) is 10.8. The number of benzene rings is 1. The molecule has 5 heteroatoms. The van der Waals surface area contributed by atoms with Crippen LogP contribution in [0.2, 0.25) is 0 Å². The quantitative estimate of drug-likeness (QED) is 0.750. The zero-order valence-corrected chi connectivity index (χ0v) is 16.3. The lowest BCUT2D eigenvalue weighted by molar-refractivity contribution is -0.175. The maximum atomic E-state index is 13.3. The van der Waals surface area contributed by atoms with Crippen molar-refractivity contribution < 1.29 is 19.1 Å². The van der Waals surface area contributed by atoms with Gasteiger partial charge >= 0.3 is 5.97 Å². The minimum Gasteiger partial charge on any atom is -0.447 e. The van der Waals surface area contributed by atoms with Gasteiger partial charge in [0, 0.05) is 18.7 Å². The van der Waals surface area contributed by atoms with Crippen LogP contribution in [0.5, 0.6) is 0 Å². The molecule has 4 saturated carbocycles. The number of amides is 1. The molecular weight excluding hydrogens is 354 g/mol. The number of ether oxygens (including phenoxy) is 2. The Labute approximate surface area is 166 Å². The molecule has 5 fully saturated rings. The normalized spacial score (nSPS) is 34.9. The van der Waals surface area contributed by atoms with E-state index < -0.39 is 6.10 Å². The Bertz CT molecular complexity index is 699. The summed E-state index contributed by atoms with van der Waals surface area (Å²) in [5.74, 6) is 2.25. The molecule has 1 aromatic carbocycles. The zero-order chi connectivity index (χ0) is 19.1. The molecule has 5 nitrogen and oxygen atoms in total. The fraction of sp³-hybridized carbons (Fsp3) is 0.652. The number of nitrogens with zero attached hydrogens (tertiary/aromatic N) is 1. The van der Waals surface area contributed by atoms with Crippen LogP contribution < -0.4 is 0 Å². The van der Waals surface area contributed by atoms with E-state index in [0.717, 1.165) is 17.4 Å². The van der Waals surface area contributed by atoms with Crippen molar-refractivity contribution in [2.75, 3.05) is 26.3 Å². The van der Waals surface area contributed by atoms with Gasteiger partial charge in [-0.15, -0.1) is 0 Å². The van der Waals surface area contributed by atoms with Crippen LogP contribution in [-0.4, -0.2) is 43.1 Å². The number of rotatable bonds is 4. The van der Waals surface area contributed by atoms with Gasteiger partial charge in [0.15, 0.2) is 0 Å². The van der Waals surface area contributed by atoms with Gasteiger partial charge in [-0.25, -0.2) is 0 Å². The molecule has 0 unspecified atom stereocenters. The number of hydrogen-bond acceptors (Lipinski definition) is 4. The molecule has 1 saturated heterocycles. The molecule has 4 bridgehead atoms. The topological polar surface area (TPSA) is 55.8 Å². The van der Waals surface area contributed by atoms with E-state index in [0.29, 0.717) is 38.1 Å². The van der Waals surface area contributed by atoms with Crippen LogP contribution in [0.1, 0.15) is 43.8 Å². The molecule has 0 aromatic heterocycles. The summed E-state index contributed by atoms with van der Waals surface area (Å²) in [6.45, 7) is 2.18. The highest BCUT2D eigenvalue weighted by molar-refractivity contribution is 5.86. The van der Waals surface area contributed by atoms with Crippen LogP contribution in [-0.2, 0) is 19.1 Å². The molecule has 5 aliphatic rings. The highest BCUT2D eigenvalue weighted by Gasteiger charge is 2.52. The summed E-state index contributed by atoms with van der Waals surface area (Å²) < 4.78 is 11.4. The summed E-state index contributed by atoms with van der Waals surface area (Å²) in [6, 6.07) is 9.47. The molecule has 6 rings (SSSR count). The van der Waals surface area contributed by atoms with Gasteiger partial charge in [0.1, 0.15) is 0 Å². The predicted molar refractivity (Wildman–Crippen MR) is 103 cm³/mol. The highest BCUT2D eigenvalue weighted by atomic mass is 16.5. The second-order valence-electron chi connectivity index (χ2n) is 9.12. The standard InChI is InChI=1S/C23H29NO4/c25-22(24-6-8-27-9-7-24)21(17-4-2-1-3-5-17)28-23(26)20-18-11-15-10-16(13-18)14-19(20)12-15/h1-5,15-16,18-21H,6-14H2/t15?,16?,18?,19?,20?,21-/m1/s1. The van der Waals surface area contributed by atoms with Crippen LogP contribution in [0.4, 0.5) is 0 Å². The van der Waals surface area contributed by atoms with Crippen molar-refractivity contribution in [3.8, 4) is 0 Å². The molecule has 0 radical (unpaired) electrons. The van der Waals surface area contributed by atoms with Gasteiger partial charge in [-0.3, -0.25) is 9.59 Å². The number of esters is 1. The minimum absolute atomic E-state index is 0.0171. The third-order valence-corrected chi connectivity index (χ3v) is 7.38. The van der Waals surface area contributed by atoms with Gasteiger partial charge in [0.2, 0.25) is 6.10 Å². The summed E-state index contributed by atoms with van der Waals surface area (Å²) >= 11 is 0. The van der Waals surface area contributed by atoms with Crippen LogP contribution >= 0.6 is 0 Å². The third kappa shape index (κ3) is 3.34. The molecule has 1 heterocycles. The first-order valence-electron chi connectivity index (χ1n) is 10.8. The number of morpholine rings is 1. The van der Waals surface area contributed by atoms with Gasteiger partial charge in [-0.1, -0.05) is 30.3 Å². The van der Waals surface area contributed by atoms with Gasteiger partial charge in [-0.2, -0.15) is 0 Å². The van der Waals surface area contributed by atoms with Crippen molar-refractivity contribution in [1.29, 1.82) is 0 Å². The van der Waals surface area contributed by atoms with Crippen LogP contribution in [0.3, 0.4) is 0 Å². The molecule has 1 aromatic rings. The van der Waals surface area contributed by atoms with Crippen LogP contribution in [0.15, 0.2) is 30.3 Å². The van der Waals surface area contributed by atoms with Crippen molar-refractivity contribution in [2.45, 2.75) is 38.2 Å². The summed E-state index contributed by atoms with van der Waals surface area (Å²) in [4.78, 5) is 28.3. The summed E-state index contributed by atoms with van der Waals surface area (Å²) in [5.41, 5.74) is 0.760. The second-order valence-corrected chi connectivity index (χ2v) is 9.12. The molecular formula is C23H29NO4. The Morgan fingerprint density at radius 1 is 0.929 bits per heavy atom. The molecule has 150 valence electrons. The number of hydrogen-bond donors (Lipinski definition) is 0. The van der Waals surface area contributed by atoms with Gasteiger partial charge < -0.3 is 14.4 Å². The zero-order valence-electron chi connectivity index (χ0n) is 16.3. The second kappa shape index (κ2) is 7.51. The molecule has 1 amide bonds. The van der Waals surface area contributed by atoms with E-state index in [1.54, 1.807) is 4.90 Å². The van der Waals surface area contributed by atoms with Crippen molar-refractivity contribution in [3.05, 3.63) is 35.9 Å². The molecule has 1 aliphatic heterocycles. The fourth-order valence-electron chi connectivity index (χ4n) is 6.34. The van der Waals surface area contributed by atoms with Gasteiger partial charge in [0.25, 0.3) is 5.91 Å². The van der Waals surface area contributed by atoms with E-state index in [9.17, 15) is 9.59 Å². The summed E-state index contributed by atoms with van der Waals surface area (Å²) in [5, 5.41) is 0. The minimum atomic E-state index is -0.844. The highest BCUT2D eigenvalue weighted by Crippen LogP contribution is 2.57. The van der Waals surface area contributed by atoms with E-state index in [4.69, 9.17) is 9.47 Å². The van der Waals surface area contributed by atoms with Crippen molar-refractivity contribution in [1.82, 2.24) is 4.90 Å². The fourth-order valence-corrected chi connectivity index (χ4v) is 6.34. The summed E-state index contributed by atoms with van der Waals surface area (Å²) in [7, 11) is 0. The van der Waals surface area contributed by atoms with E-state index in [1.165, 1.54) is 32.1 Å². The Hall–Kier alpha value is -1.88. The average molecular weight is 383 g/mol. The van der Waals surface area contributed by atoms with Crippen molar-refractivity contribution in [3.63, 3.8) is 0 Å². The predicted octanol–water partition coefficient (Wildman–Crippen LogP) is 3.20. The van der Waals surface area contributed by atoms with E-state index in [1.807, 2.05) is 30.3 Å². The first-order chi connectivity index (χ1) is 13.7. The molecule has 4 aliphatic carbocycles. The smallest absolute Gasteiger partial charge is 0.310 e. The number of carbonyl (C=O) groups excluding carboxylic acids is 2. The maximum Gasteiger partial charge on any atom is 0.310 e. The van der Waals surface area contributed by atoms with E-state index in [2.05, 4.69) is 0 Å². The van der Waals surface area contributed by atoms with Gasteiger partial charge in [0.05, 0.1) is 19.1 Å². The SMILES string of the molecule is O=C(O[C@@H](C(=O)N1CCOCC1)c1ccccc1)C1C2CC3CC(C2)CC1C3. The lowest BCUT2D eigenvalue weighted by Gasteiger charge is -2.53. The largest absolute Gasteiger partial charge is 0.447 e. The average Bonchev–Trinajstić information content (AvgIpc) is 2.72. The van der Waals surface area contributed by atoms with Crippen LogP contribution in [0.25, 0.3) is 0 Å².